The standard InChI is InChI=1S/C21H25N9O6S2/c1-3-10(2)36-26-13(16-25-21(23)38-27-16)17(32)24-14-18(33)30-15(20(34)35)11(9-37-19(14)30)8-28-5-4-12(22)29(28)6-7-31/h3-5,10,14,19,22,31H,1,6-9H2,2H3,(H4,23,24,25,27,32,34,35)/p+1/t10?,14-,19-/m1/s1. The summed E-state index contributed by atoms with van der Waals surface area (Å²) in [6.45, 7) is 5.46. The molecule has 202 valence electrons. The summed E-state index contributed by atoms with van der Waals surface area (Å²) in [6, 6.07) is 0.627. The fraction of sp³-hybridized carbons (Fsp3) is 0.381. The van der Waals surface area contributed by atoms with E-state index in [4.69, 9.17) is 16.3 Å². The molecule has 7 N–H and O–H groups in total. The number of nitrogens with two attached hydrogens (primary N) is 2. The molecule has 2 aromatic rings. The second-order valence-electron chi connectivity index (χ2n) is 8.25. The van der Waals surface area contributed by atoms with Crippen LogP contribution in [0.2, 0.25) is 0 Å². The largest absolute Gasteiger partial charge is 0.477 e. The number of carbonyl (C=O) groups is 3. The van der Waals surface area contributed by atoms with Crippen LogP contribution in [0.4, 0.5) is 10.9 Å². The number of carbonyl (C=O) groups excluding carboxylic acids is 2. The van der Waals surface area contributed by atoms with Crippen LogP contribution in [0.15, 0.2) is 41.3 Å². The molecular weight excluding hydrogens is 538 g/mol. The molecule has 38 heavy (non-hydrogen) atoms. The van der Waals surface area contributed by atoms with Crippen LogP contribution in [0.1, 0.15) is 12.7 Å². The minimum absolute atomic E-state index is 0.0724. The van der Waals surface area contributed by atoms with E-state index in [1.54, 1.807) is 28.6 Å². The van der Waals surface area contributed by atoms with Crippen LogP contribution < -0.4 is 21.5 Å². The smallest absolute Gasteiger partial charge is 0.352 e. The summed E-state index contributed by atoms with van der Waals surface area (Å²) in [7, 11) is 0. The molecule has 0 spiro atoms. The molecule has 0 saturated carbocycles. The number of oxime groups is 1. The zero-order valence-electron chi connectivity index (χ0n) is 20.2. The number of fused-ring (bicyclic) bond motifs is 1. The molecule has 0 aromatic carbocycles. The molecular formula is C21H26N9O6S2+. The maximum atomic E-state index is 13.1. The van der Waals surface area contributed by atoms with Gasteiger partial charge >= 0.3 is 5.97 Å². The number of aliphatic hydroxyl groups excluding tert-OH is 1. The van der Waals surface area contributed by atoms with E-state index < -0.39 is 35.3 Å². The summed E-state index contributed by atoms with van der Waals surface area (Å²) < 4.78 is 7.28. The summed E-state index contributed by atoms with van der Waals surface area (Å²) in [5, 5.41) is 25.2. The van der Waals surface area contributed by atoms with Gasteiger partial charge < -0.3 is 31.8 Å². The quantitative estimate of drug-likeness (QED) is 0.0697. The van der Waals surface area contributed by atoms with Gasteiger partial charge in [-0.2, -0.15) is 9.36 Å². The normalized spacial score (nSPS) is 20.0. The van der Waals surface area contributed by atoms with Gasteiger partial charge in [-0.25, -0.2) is 4.79 Å². The van der Waals surface area contributed by atoms with Crippen molar-refractivity contribution >= 4 is 57.7 Å². The Morgan fingerprint density at radius 2 is 2.24 bits per heavy atom. The number of rotatable bonds is 11. The SMILES string of the molecule is C=CC(C)ON=C(C(=O)N[C@@H]1C(=O)N2C(C(=O)O)=C(C[n+]3ccc(N)n3CCO)CS[C@H]12)c1nsc(N)n1. The Hall–Kier alpha value is -3.96. The molecule has 0 aliphatic carbocycles. The average Bonchev–Trinajstić information content (AvgIpc) is 3.47. The molecule has 1 fully saturated rings. The highest BCUT2D eigenvalue weighted by atomic mass is 32.2. The summed E-state index contributed by atoms with van der Waals surface area (Å²) >= 11 is 2.17. The molecule has 2 amide bonds. The molecule has 0 bridgehead atoms. The first-order valence-electron chi connectivity index (χ1n) is 11.3. The van der Waals surface area contributed by atoms with Crippen LogP contribution >= 0.6 is 23.3 Å². The van der Waals surface area contributed by atoms with Crippen molar-refractivity contribution in [2.45, 2.75) is 37.5 Å². The predicted octanol–water partition coefficient (Wildman–Crippen LogP) is -1.48. The Balaban J connectivity index is 1.55. The predicted molar refractivity (Wildman–Crippen MR) is 137 cm³/mol. The van der Waals surface area contributed by atoms with Gasteiger partial charge in [-0.15, -0.1) is 21.1 Å². The second kappa shape index (κ2) is 11.2. The minimum Gasteiger partial charge on any atom is -0.477 e. The van der Waals surface area contributed by atoms with E-state index in [-0.39, 0.29) is 47.8 Å². The first-order valence-corrected chi connectivity index (χ1v) is 13.1. The van der Waals surface area contributed by atoms with E-state index in [1.165, 1.54) is 17.8 Å². The van der Waals surface area contributed by atoms with Gasteiger partial charge in [-0.3, -0.25) is 14.5 Å². The molecule has 3 atom stereocenters. The number of anilines is 2. The van der Waals surface area contributed by atoms with Gasteiger partial charge in [0, 0.05) is 22.9 Å². The van der Waals surface area contributed by atoms with Gasteiger partial charge in [0.05, 0.1) is 12.7 Å². The van der Waals surface area contributed by atoms with Gasteiger partial charge in [-0.1, -0.05) is 11.7 Å². The van der Waals surface area contributed by atoms with Crippen LogP contribution in [0.5, 0.6) is 0 Å². The zero-order chi connectivity index (χ0) is 27.6. The topological polar surface area (TPSA) is 215 Å². The van der Waals surface area contributed by atoms with E-state index in [2.05, 4.69) is 26.4 Å². The van der Waals surface area contributed by atoms with Crippen molar-refractivity contribution in [3.63, 3.8) is 0 Å². The zero-order valence-corrected chi connectivity index (χ0v) is 21.8. The van der Waals surface area contributed by atoms with Crippen molar-refractivity contribution in [3.8, 4) is 0 Å². The number of aliphatic carboxylic acids is 1. The maximum Gasteiger partial charge on any atom is 0.352 e. The molecule has 0 radical (unpaired) electrons. The van der Waals surface area contributed by atoms with Crippen molar-refractivity contribution in [1.29, 1.82) is 0 Å². The van der Waals surface area contributed by atoms with Gasteiger partial charge in [-0.05, 0) is 13.0 Å². The van der Waals surface area contributed by atoms with Gasteiger partial charge in [0.15, 0.2) is 23.7 Å². The van der Waals surface area contributed by atoms with Gasteiger partial charge in [0.25, 0.3) is 11.8 Å². The molecule has 15 nitrogen and oxygen atoms in total. The third-order valence-corrected chi connectivity index (χ3v) is 7.62. The average molecular weight is 565 g/mol. The number of nitrogens with one attached hydrogen (secondary N) is 1. The number of aromatic nitrogens is 4. The number of aliphatic hydroxyl groups is 1. The van der Waals surface area contributed by atoms with E-state index >= 15 is 0 Å². The molecule has 1 saturated heterocycles. The number of β-lactam (4-membered cyclic amide) rings is 1. The molecule has 2 aromatic heterocycles. The van der Waals surface area contributed by atoms with E-state index in [1.807, 2.05) is 0 Å². The minimum atomic E-state index is -1.27. The lowest BCUT2D eigenvalue weighted by Gasteiger charge is -2.49. The highest BCUT2D eigenvalue weighted by Crippen LogP contribution is 2.40. The third kappa shape index (κ3) is 5.20. The van der Waals surface area contributed by atoms with Gasteiger partial charge in [0.1, 0.15) is 29.8 Å². The Morgan fingerprint density at radius 1 is 1.47 bits per heavy atom. The maximum absolute atomic E-state index is 13.1. The van der Waals surface area contributed by atoms with E-state index in [0.717, 1.165) is 16.4 Å². The monoisotopic (exact) mass is 564 g/mol. The second-order valence-corrected chi connectivity index (χ2v) is 10.1. The third-order valence-electron chi connectivity index (χ3n) is 5.74. The molecule has 4 rings (SSSR count). The molecule has 17 heteroatoms. The summed E-state index contributed by atoms with van der Waals surface area (Å²) in [5.41, 5.74) is 11.6. The van der Waals surface area contributed by atoms with Crippen molar-refractivity contribution in [2.24, 2.45) is 5.16 Å². The number of amides is 2. The van der Waals surface area contributed by atoms with Crippen molar-refractivity contribution in [3.05, 3.63) is 42.0 Å². The van der Waals surface area contributed by atoms with Gasteiger partial charge in [0.2, 0.25) is 11.5 Å². The summed E-state index contributed by atoms with van der Waals surface area (Å²) in [4.78, 5) is 48.7. The number of nitrogen functional groups attached to an aromatic ring is 2. The lowest BCUT2D eigenvalue weighted by molar-refractivity contribution is -0.767. The van der Waals surface area contributed by atoms with Crippen molar-refractivity contribution in [2.75, 3.05) is 23.8 Å². The van der Waals surface area contributed by atoms with Crippen LogP contribution in [0.3, 0.4) is 0 Å². The molecule has 2 aliphatic heterocycles. The van der Waals surface area contributed by atoms with Crippen LogP contribution in [-0.4, -0.2) is 82.5 Å². The Kier molecular flexibility index (Phi) is 7.98. The number of hydrogen-bond donors (Lipinski definition) is 5. The van der Waals surface area contributed by atoms with Crippen molar-refractivity contribution < 1.29 is 34.1 Å². The fourth-order valence-corrected chi connectivity index (χ4v) is 5.64. The highest BCUT2D eigenvalue weighted by molar-refractivity contribution is 8.00. The van der Waals surface area contributed by atoms with E-state index in [0.29, 0.717) is 11.4 Å². The molecule has 4 heterocycles. The fourth-order valence-electron chi connectivity index (χ4n) is 3.87. The van der Waals surface area contributed by atoms with Crippen molar-refractivity contribution in [1.82, 2.24) is 24.3 Å². The number of nitrogens with zero attached hydrogens (tertiary/aromatic N) is 6. The lowest BCUT2D eigenvalue weighted by atomic mass is 10.0. The van der Waals surface area contributed by atoms with E-state index in [9.17, 15) is 24.6 Å². The van der Waals surface area contributed by atoms with Crippen LogP contribution in [-0.2, 0) is 32.3 Å². The number of thioether (sulfide) groups is 1. The van der Waals surface area contributed by atoms with Crippen LogP contribution in [0, 0.1) is 0 Å². The molecule has 1 unspecified atom stereocenters. The summed E-state index contributed by atoms with van der Waals surface area (Å²) in [5.74, 6) is -2.03. The first kappa shape index (κ1) is 27.1. The number of carboxylic acids is 1. The lowest BCUT2D eigenvalue weighted by Crippen LogP contribution is -2.71. The highest BCUT2D eigenvalue weighted by Gasteiger charge is 2.55. The Morgan fingerprint density at radius 3 is 2.87 bits per heavy atom. The Labute approximate surface area is 224 Å². The first-order chi connectivity index (χ1) is 18.2. The number of hydrogen-bond acceptors (Lipinski definition) is 12. The summed E-state index contributed by atoms with van der Waals surface area (Å²) in [6.07, 6.45) is 2.63. The Bertz CT molecular complexity index is 1340. The number of carboxylic acid groups (broad SMARTS) is 1. The molecule has 2 aliphatic rings. The van der Waals surface area contributed by atoms with Crippen LogP contribution in [0.25, 0.3) is 0 Å².